The molecule has 0 aliphatic heterocycles. The molecule has 0 rings (SSSR count). The van der Waals surface area contributed by atoms with E-state index in [-0.39, 0.29) is 6.42 Å². The van der Waals surface area contributed by atoms with Crippen LogP contribution >= 0.6 is 0 Å². The third-order valence-corrected chi connectivity index (χ3v) is 1.36. The number of hydrogen-bond acceptors (Lipinski definition) is 1. The van der Waals surface area contributed by atoms with Gasteiger partial charge in [-0.2, -0.15) is 13.2 Å². The lowest BCUT2D eigenvalue weighted by molar-refractivity contribution is -0.205. The van der Waals surface area contributed by atoms with E-state index in [2.05, 4.69) is 6.92 Å². The maximum absolute atomic E-state index is 11.6. The minimum absolute atomic E-state index is 0.209. The summed E-state index contributed by atoms with van der Waals surface area (Å²) in [5, 5.41) is 8.47. The van der Waals surface area contributed by atoms with E-state index in [1.54, 1.807) is 0 Å². The topological polar surface area (TPSA) is 20.2 Å². The summed E-state index contributed by atoms with van der Waals surface area (Å²) in [6.45, 7) is 3.48. The van der Waals surface area contributed by atoms with Crippen LogP contribution in [0.25, 0.3) is 0 Å². The molecule has 0 amide bonds. The highest BCUT2D eigenvalue weighted by atomic mass is 19.4. The summed E-state index contributed by atoms with van der Waals surface area (Å²) in [6, 6.07) is 0. The van der Waals surface area contributed by atoms with E-state index in [1.807, 2.05) is 0 Å². The zero-order chi connectivity index (χ0) is 8.91. The Morgan fingerprint density at radius 2 is 1.82 bits per heavy atom. The average Bonchev–Trinajstić information content (AvgIpc) is 1.86. The van der Waals surface area contributed by atoms with E-state index in [1.165, 1.54) is 0 Å². The molecule has 0 spiro atoms. The first-order valence-corrected chi connectivity index (χ1v) is 3.52. The summed E-state index contributed by atoms with van der Waals surface area (Å²) in [5.41, 5.74) is 0. The summed E-state index contributed by atoms with van der Waals surface area (Å²) >= 11 is 0. The van der Waals surface area contributed by atoms with E-state index in [0.29, 0.717) is 19.3 Å². The Kier molecular flexibility index (Phi) is 4.49. The standard InChI is InChI=1S/C7H12F3O/c1-2-3-4-5-6(11)7(8,9)10/h6,11H,1-5H2. The molecule has 0 bridgehead atoms. The highest BCUT2D eigenvalue weighted by molar-refractivity contribution is 4.64. The third kappa shape index (κ3) is 5.07. The van der Waals surface area contributed by atoms with E-state index >= 15 is 0 Å². The second kappa shape index (κ2) is 4.59. The number of unbranched alkanes of at least 4 members (excludes halogenated alkanes) is 2. The van der Waals surface area contributed by atoms with Gasteiger partial charge in [0.15, 0.2) is 0 Å². The second-order valence-corrected chi connectivity index (χ2v) is 2.41. The predicted octanol–water partition coefficient (Wildman–Crippen LogP) is 2.30. The molecule has 1 atom stereocenters. The van der Waals surface area contributed by atoms with Gasteiger partial charge in [-0.1, -0.05) is 26.2 Å². The van der Waals surface area contributed by atoms with Crippen molar-refractivity contribution in [3.05, 3.63) is 6.92 Å². The number of aliphatic hydroxyl groups excluding tert-OH is 1. The van der Waals surface area contributed by atoms with Gasteiger partial charge in [0, 0.05) is 0 Å². The quantitative estimate of drug-likeness (QED) is 0.640. The Morgan fingerprint density at radius 3 is 2.18 bits per heavy atom. The molecular formula is C7H12F3O. The molecule has 1 radical (unpaired) electrons. The van der Waals surface area contributed by atoms with Crippen molar-refractivity contribution in [1.82, 2.24) is 0 Å². The molecule has 0 aromatic heterocycles. The van der Waals surface area contributed by atoms with Crippen molar-refractivity contribution in [3.8, 4) is 0 Å². The van der Waals surface area contributed by atoms with Crippen LogP contribution in [0, 0.1) is 6.92 Å². The Balaban J connectivity index is 3.44. The lowest BCUT2D eigenvalue weighted by atomic mass is 10.1. The second-order valence-electron chi connectivity index (χ2n) is 2.41. The molecule has 4 heteroatoms. The van der Waals surface area contributed by atoms with Gasteiger partial charge in [-0.25, -0.2) is 0 Å². The van der Waals surface area contributed by atoms with Crippen LogP contribution in [-0.2, 0) is 0 Å². The maximum Gasteiger partial charge on any atom is 0.414 e. The Labute approximate surface area is 64.2 Å². The normalized spacial score (nSPS) is 15.0. The van der Waals surface area contributed by atoms with Crippen LogP contribution in [0.2, 0.25) is 0 Å². The molecule has 0 aliphatic carbocycles. The van der Waals surface area contributed by atoms with E-state index in [4.69, 9.17) is 5.11 Å². The first-order chi connectivity index (χ1) is 4.98. The molecule has 0 aromatic rings. The van der Waals surface area contributed by atoms with Gasteiger partial charge >= 0.3 is 6.18 Å². The van der Waals surface area contributed by atoms with Crippen LogP contribution < -0.4 is 0 Å². The van der Waals surface area contributed by atoms with Gasteiger partial charge in [0.1, 0.15) is 6.10 Å². The molecule has 0 heterocycles. The molecule has 0 saturated heterocycles. The third-order valence-electron chi connectivity index (χ3n) is 1.36. The lowest BCUT2D eigenvalue weighted by Gasteiger charge is -2.13. The molecule has 67 valence electrons. The molecule has 1 nitrogen and oxygen atoms in total. The SMILES string of the molecule is [CH2]CCCCC(O)C(F)(F)F. The monoisotopic (exact) mass is 169 g/mol. The van der Waals surface area contributed by atoms with Crippen molar-refractivity contribution in [1.29, 1.82) is 0 Å². The van der Waals surface area contributed by atoms with Gasteiger partial charge in [-0.05, 0) is 6.42 Å². The summed E-state index contributed by atoms with van der Waals surface area (Å²) in [6.07, 6.45) is -5.20. The van der Waals surface area contributed by atoms with Crippen LogP contribution in [0.1, 0.15) is 25.7 Å². The Morgan fingerprint density at radius 1 is 1.27 bits per heavy atom. The minimum Gasteiger partial charge on any atom is -0.384 e. The molecule has 0 fully saturated rings. The van der Waals surface area contributed by atoms with Crippen molar-refractivity contribution >= 4 is 0 Å². The number of hydrogen-bond donors (Lipinski definition) is 1. The van der Waals surface area contributed by atoms with Crippen molar-refractivity contribution in [2.75, 3.05) is 0 Å². The molecule has 0 saturated carbocycles. The zero-order valence-electron chi connectivity index (χ0n) is 6.19. The Bertz CT molecular complexity index is 100. The van der Waals surface area contributed by atoms with Gasteiger partial charge in [-0.3, -0.25) is 0 Å². The van der Waals surface area contributed by atoms with E-state index < -0.39 is 12.3 Å². The van der Waals surface area contributed by atoms with Gasteiger partial charge in [-0.15, -0.1) is 0 Å². The maximum atomic E-state index is 11.6. The zero-order valence-corrected chi connectivity index (χ0v) is 6.19. The summed E-state index contributed by atoms with van der Waals surface area (Å²) in [4.78, 5) is 0. The van der Waals surface area contributed by atoms with Gasteiger partial charge in [0.25, 0.3) is 0 Å². The average molecular weight is 169 g/mol. The number of halogens is 3. The summed E-state index contributed by atoms with van der Waals surface area (Å²) in [7, 11) is 0. The van der Waals surface area contributed by atoms with Crippen molar-refractivity contribution in [2.45, 2.75) is 38.0 Å². The first-order valence-electron chi connectivity index (χ1n) is 3.52. The van der Waals surface area contributed by atoms with Crippen LogP contribution in [0.3, 0.4) is 0 Å². The van der Waals surface area contributed by atoms with Crippen LogP contribution in [0.15, 0.2) is 0 Å². The van der Waals surface area contributed by atoms with Crippen LogP contribution in [0.4, 0.5) is 13.2 Å². The number of aliphatic hydroxyl groups is 1. The summed E-state index contributed by atoms with van der Waals surface area (Å²) < 4.78 is 34.8. The minimum atomic E-state index is -4.46. The fourth-order valence-electron chi connectivity index (χ4n) is 0.678. The Hall–Kier alpha value is -0.250. The predicted molar refractivity (Wildman–Crippen MR) is 35.9 cm³/mol. The fraction of sp³-hybridized carbons (Fsp3) is 0.857. The molecular weight excluding hydrogens is 157 g/mol. The molecule has 1 unspecified atom stereocenters. The lowest BCUT2D eigenvalue weighted by Crippen LogP contribution is -2.28. The highest BCUT2D eigenvalue weighted by Crippen LogP contribution is 2.23. The first kappa shape index (κ1) is 10.8. The molecule has 1 N–H and O–H groups in total. The fourth-order valence-corrected chi connectivity index (χ4v) is 0.678. The van der Waals surface area contributed by atoms with Gasteiger partial charge < -0.3 is 5.11 Å². The number of alkyl halides is 3. The van der Waals surface area contributed by atoms with E-state index in [9.17, 15) is 13.2 Å². The van der Waals surface area contributed by atoms with E-state index in [0.717, 1.165) is 0 Å². The van der Waals surface area contributed by atoms with Gasteiger partial charge in [0.2, 0.25) is 0 Å². The number of rotatable bonds is 4. The van der Waals surface area contributed by atoms with Crippen LogP contribution in [-0.4, -0.2) is 17.4 Å². The van der Waals surface area contributed by atoms with Crippen molar-refractivity contribution < 1.29 is 18.3 Å². The molecule has 0 aromatic carbocycles. The summed E-state index contributed by atoms with van der Waals surface area (Å²) in [5.74, 6) is 0. The molecule has 0 aliphatic rings. The highest BCUT2D eigenvalue weighted by Gasteiger charge is 2.37. The van der Waals surface area contributed by atoms with Gasteiger partial charge in [0.05, 0.1) is 0 Å². The van der Waals surface area contributed by atoms with Crippen molar-refractivity contribution in [2.24, 2.45) is 0 Å². The largest absolute Gasteiger partial charge is 0.414 e. The molecule has 11 heavy (non-hydrogen) atoms. The smallest absolute Gasteiger partial charge is 0.384 e. The van der Waals surface area contributed by atoms with Crippen LogP contribution in [0.5, 0.6) is 0 Å². The van der Waals surface area contributed by atoms with Crippen molar-refractivity contribution in [3.63, 3.8) is 0 Å².